The fourth-order valence-corrected chi connectivity index (χ4v) is 2.67. The van der Waals surface area contributed by atoms with E-state index in [1.165, 1.54) is 11.1 Å². The van der Waals surface area contributed by atoms with Crippen molar-refractivity contribution in [1.29, 1.82) is 0 Å². The minimum absolute atomic E-state index is 0.186. The van der Waals surface area contributed by atoms with E-state index in [2.05, 4.69) is 21.2 Å². The summed E-state index contributed by atoms with van der Waals surface area (Å²) in [6.45, 7) is 1.50. The predicted octanol–water partition coefficient (Wildman–Crippen LogP) is 1.99. The molecule has 104 valence electrons. The van der Waals surface area contributed by atoms with Crippen molar-refractivity contribution in [3.63, 3.8) is 0 Å². The van der Waals surface area contributed by atoms with Gasteiger partial charge in [0.2, 0.25) is 0 Å². The fourth-order valence-electron chi connectivity index (χ4n) is 2.46. The molecule has 0 amide bonds. The number of hydrogen-bond acceptors (Lipinski definition) is 4. The molecule has 0 unspecified atom stereocenters. The van der Waals surface area contributed by atoms with Gasteiger partial charge in [0.1, 0.15) is 10.8 Å². The Morgan fingerprint density at radius 3 is 3.05 bits per heavy atom. The van der Waals surface area contributed by atoms with Gasteiger partial charge in [0, 0.05) is 13.1 Å². The third-order valence-corrected chi connectivity index (χ3v) is 3.91. The summed E-state index contributed by atoms with van der Waals surface area (Å²) in [5.74, 6) is 0.834. The lowest BCUT2D eigenvalue weighted by Crippen LogP contribution is -2.31. The molecule has 0 radical (unpaired) electrons. The van der Waals surface area contributed by atoms with Crippen molar-refractivity contribution >= 4 is 17.3 Å². The number of benzene rings is 1. The van der Waals surface area contributed by atoms with Crippen LogP contribution in [0.15, 0.2) is 29.2 Å². The second-order valence-corrected chi connectivity index (χ2v) is 5.08. The van der Waals surface area contributed by atoms with Gasteiger partial charge in [-0.25, -0.2) is 5.10 Å². The van der Waals surface area contributed by atoms with Crippen LogP contribution in [0.2, 0.25) is 5.02 Å². The van der Waals surface area contributed by atoms with Crippen LogP contribution in [0.5, 0.6) is 5.75 Å². The van der Waals surface area contributed by atoms with E-state index in [9.17, 15) is 4.79 Å². The van der Waals surface area contributed by atoms with Crippen molar-refractivity contribution in [2.75, 3.05) is 18.6 Å². The maximum atomic E-state index is 11.5. The first-order chi connectivity index (χ1) is 9.69. The number of aromatic amines is 1. The first kappa shape index (κ1) is 13.0. The van der Waals surface area contributed by atoms with Gasteiger partial charge in [-0.2, -0.15) is 5.10 Å². The zero-order valence-electron chi connectivity index (χ0n) is 11.0. The highest BCUT2D eigenvalue weighted by molar-refractivity contribution is 6.32. The van der Waals surface area contributed by atoms with E-state index in [-0.39, 0.29) is 10.6 Å². The largest absolute Gasteiger partial charge is 0.497 e. The Morgan fingerprint density at radius 2 is 2.25 bits per heavy atom. The van der Waals surface area contributed by atoms with Gasteiger partial charge in [0.15, 0.2) is 0 Å². The molecule has 1 aliphatic heterocycles. The Morgan fingerprint density at radius 1 is 1.40 bits per heavy atom. The smallest absolute Gasteiger partial charge is 0.285 e. The van der Waals surface area contributed by atoms with Crippen LogP contribution in [0.25, 0.3) is 0 Å². The van der Waals surface area contributed by atoms with Gasteiger partial charge in [-0.15, -0.1) is 0 Å². The molecule has 20 heavy (non-hydrogen) atoms. The number of H-pyrrole nitrogens is 1. The number of halogens is 1. The maximum Gasteiger partial charge on any atom is 0.285 e. The quantitative estimate of drug-likeness (QED) is 0.919. The van der Waals surface area contributed by atoms with Crippen LogP contribution in [-0.4, -0.2) is 23.9 Å². The Labute approximate surface area is 121 Å². The Kier molecular flexibility index (Phi) is 3.36. The van der Waals surface area contributed by atoms with Gasteiger partial charge >= 0.3 is 0 Å². The van der Waals surface area contributed by atoms with Crippen LogP contribution in [0.4, 0.5) is 5.69 Å². The van der Waals surface area contributed by atoms with E-state index < -0.39 is 0 Å². The zero-order chi connectivity index (χ0) is 14.1. The molecule has 3 rings (SSSR count). The number of hydrogen-bond donors (Lipinski definition) is 1. The lowest BCUT2D eigenvalue weighted by atomic mass is 9.99. The summed E-state index contributed by atoms with van der Waals surface area (Å²) in [4.78, 5) is 13.6. The summed E-state index contributed by atoms with van der Waals surface area (Å²) in [6.07, 6.45) is 2.50. The molecule has 0 atom stereocenters. The first-order valence-corrected chi connectivity index (χ1v) is 6.71. The third-order valence-electron chi connectivity index (χ3n) is 3.54. The van der Waals surface area contributed by atoms with Crippen LogP contribution < -0.4 is 15.2 Å². The van der Waals surface area contributed by atoms with Crippen LogP contribution >= 0.6 is 11.6 Å². The maximum absolute atomic E-state index is 11.5. The third kappa shape index (κ3) is 2.25. The van der Waals surface area contributed by atoms with Gasteiger partial charge in [0.05, 0.1) is 19.0 Å². The normalized spacial score (nSPS) is 14.0. The average Bonchev–Trinajstić information content (AvgIpc) is 2.49. The highest BCUT2D eigenvalue weighted by atomic mass is 35.5. The van der Waals surface area contributed by atoms with E-state index in [1.54, 1.807) is 13.3 Å². The SMILES string of the molecule is COc1ccc2c(c1)CN(c1cn[nH]c(=O)c1Cl)CC2. The predicted molar refractivity (Wildman–Crippen MR) is 77.6 cm³/mol. The molecule has 1 N–H and O–H groups in total. The van der Waals surface area contributed by atoms with E-state index in [0.717, 1.165) is 18.7 Å². The highest BCUT2D eigenvalue weighted by Gasteiger charge is 2.20. The number of ether oxygens (including phenoxy) is 1. The molecule has 0 aliphatic carbocycles. The van der Waals surface area contributed by atoms with E-state index >= 15 is 0 Å². The average molecular weight is 292 g/mol. The summed E-state index contributed by atoms with van der Waals surface area (Å²) in [6, 6.07) is 6.08. The zero-order valence-corrected chi connectivity index (χ0v) is 11.8. The van der Waals surface area contributed by atoms with E-state index in [4.69, 9.17) is 16.3 Å². The van der Waals surface area contributed by atoms with Crippen molar-refractivity contribution in [3.8, 4) is 5.75 Å². The van der Waals surface area contributed by atoms with Crippen molar-refractivity contribution in [2.45, 2.75) is 13.0 Å². The molecule has 2 heterocycles. The van der Waals surface area contributed by atoms with Crippen LogP contribution in [-0.2, 0) is 13.0 Å². The molecule has 0 bridgehead atoms. The first-order valence-electron chi connectivity index (χ1n) is 6.33. The van der Waals surface area contributed by atoms with Gasteiger partial charge in [-0.3, -0.25) is 4.79 Å². The summed E-state index contributed by atoms with van der Waals surface area (Å²) in [5, 5.41) is 6.34. The molecule has 5 nitrogen and oxygen atoms in total. The van der Waals surface area contributed by atoms with Gasteiger partial charge in [-0.1, -0.05) is 17.7 Å². The van der Waals surface area contributed by atoms with Crippen molar-refractivity contribution in [1.82, 2.24) is 10.2 Å². The Hall–Kier alpha value is -2.01. The molecule has 2 aromatic rings. The molecule has 0 saturated heterocycles. The van der Waals surface area contributed by atoms with Gasteiger partial charge in [0.25, 0.3) is 5.56 Å². The molecular weight excluding hydrogens is 278 g/mol. The summed E-state index contributed by atoms with van der Waals surface area (Å²) in [5.41, 5.74) is 2.80. The standard InChI is InChI=1S/C14H14ClN3O2/c1-20-11-3-2-9-4-5-18(8-10(9)6-11)12-7-16-17-14(19)13(12)15/h2-3,6-7H,4-5,8H2,1H3,(H,17,19). The number of anilines is 1. The molecule has 6 heteroatoms. The molecule has 0 saturated carbocycles. The summed E-state index contributed by atoms with van der Waals surface area (Å²) in [7, 11) is 1.65. The minimum atomic E-state index is -0.361. The lowest BCUT2D eigenvalue weighted by molar-refractivity contribution is 0.413. The van der Waals surface area contributed by atoms with Crippen LogP contribution in [0, 0.1) is 0 Å². The van der Waals surface area contributed by atoms with Crippen molar-refractivity contribution in [3.05, 3.63) is 50.9 Å². The van der Waals surface area contributed by atoms with Crippen molar-refractivity contribution in [2.24, 2.45) is 0 Å². The van der Waals surface area contributed by atoms with Gasteiger partial charge in [-0.05, 0) is 29.7 Å². The van der Waals surface area contributed by atoms with Crippen LogP contribution in [0.3, 0.4) is 0 Å². The number of fused-ring (bicyclic) bond motifs is 1. The van der Waals surface area contributed by atoms with Crippen molar-refractivity contribution < 1.29 is 4.74 Å². The summed E-state index contributed by atoms with van der Waals surface area (Å²) < 4.78 is 5.25. The molecule has 1 aromatic heterocycles. The second kappa shape index (κ2) is 5.17. The van der Waals surface area contributed by atoms with Crippen LogP contribution in [0.1, 0.15) is 11.1 Å². The van der Waals surface area contributed by atoms with E-state index in [0.29, 0.717) is 12.2 Å². The topological polar surface area (TPSA) is 58.2 Å². The second-order valence-electron chi connectivity index (χ2n) is 4.70. The summed E-state index contributed by atoms with van der Waals surface area (Å²) >= 11 is 6.06. The molecular formula is C14H14ClN3O2. The minimum Gasteiger partial charge on any atom is -0.497 e. The Bertz CT molecular complexity index is 699. The number of methoxy groups -OCH3 is 1. The van der Waals surface area contributed by atoms with E-state index in [1.807, 2.05) is 12.1 Å². The number of nitrogens with zero attached hydrogens (tertiary/aromatic N) is 2. The fraction of sp³-hybridized carbons (Fsp3) is 0.286. The lowest BCUT2D eigenvalue weighted by Gasteiger charge is -2.30. The number of rotatable bonds is 2. The molecule has 0 spiro atoms. The molecule has 1 aromatic carbocycles. The monoisotopic (exact) mass is 291 g/mol. The number of nitrogens with one attached hydrogen (secondary N) is 1. The Balaban J connectivity index is 1.95. The highest BCUT2D eigenvalue weighted by Crippen LogP contribution is 2.29. The molecule has 1 aliphatic rings. The van der Waals surface area contributed by atoms with Gasteiger partial charge < -0.3 is 9.64 Å². The number of aromatic nitrogens is 2. The molecule has 0 fully saturated rings.